The largest absolute Gasteiger partial charge is 0.441 e. The number of pyridine rings is 1. The topological polar surface area (TPSA) is 75.1 Å². The molecule has 0 radical (unpaired) electrons. The molecule has 172 valence electrons. The van der Waals surface area contributed by atoms with Gasteiger partial charge in [-0.25, -0.2) is 4.79 Å². The smallest absolute Gasteiger partial charge is 0.410 e. The number of fused-ring (bicyclic) bond motifs is 1. The number of anilines is 1. The fourth-order valence-electron chi connectivity index (χ4n) is 5.09. The molecule has 3 fully saturated rings. The zero-order chi connectivity index (χ0) is 22.4. The van der Waals surface area contributed by atoms with E-state index >= 15 is 0 Å². The number of carbonyl (C=O) groups is 1. The summed E-state index contributed by atoms with van der Waals surface area (Å²) in [5.41, 5.74) is 6.28. The van der Waals surface area contributed by atoms with Crippen LogP contribution < -0.4 is 4.90 Å². The van der Waals surface area contributed by atoms with E-state index in [0.717, 1.165) is 50.0 Å². The second kappa shape index (κ2) is 8.15. The molecule has 2 aliphatic heterocycles. The molecule has 1 amide bonds. The SMILES string of the molecule is O=C(OC1COC1)N1CCN(c2ccnc3c2C=C(c2ccc(C4(O)CCC4)cc2)C3)CC1. The zero-order valence-electron chi connectivity index (χ0n) is 18.7. The van der Waals surface area contributed by atoms with Gasteiger partial charge in [0.2, 0.25) is 0 Å². The number of rotatable bonds is 4. The van der Waals surface area contributed by atoms with Crippen LogP contribution in [-0.2, 0) is 21.5 Å². The molecule has 0 unspecified atom stereocenters. The molecule has 2 aromatic rings. The lowest BCUT2D eigenvalue weighted by molar-refractivity contribution is -0.104. The summed E-state index contributed by atoms with van der Waals surface area (Å²) < 4.78 is 10.5. The van der Waals surface area contributed by atoms with Crippen LogP contribution in [0, 0.1) is 0 Å². The van der Waals surface area contributed by atoms with Crippen LogP contribution in [-0.4, -0.2) is 66.6 Å². The summed E-state index contributed by atoms with van der Waals surface area (Å²) in [4.78, 5) is 21.1. The van der Waals surface area contributed by atoms with Crippen molar-refractivity contribution in [1.29, 1.82) is 0 Å². The van der Waals surface area contributed by atoms with Gasteiger partial charge in [-0.1, -0.05) is 24.3 Å². The first-order chi connectivity index (χ1) is 16.1. The zero-order valence-corrected chi connectivity index (χ0v) is 18.7. The van der Waals surface area contributed by atoms with Gasteiger partial charge >= 0.3 is 6.09 Å². The number of aromatic nitrogens is 1. The molecule has 0 bridgehead atoms. The van der Waals surface area contributed by atoms with E-state index in [9.17, 15) is 9.90 Å². The summed E-state index contributed by atoms with van der Waals surface area (Å²) in [6, 6.07) is 10.5. The number of carbonyl (C=O) groups excluding carboxylic acids is 1. The van der Waals surface area contributed by atoms with Gasteiger partial charge < -0.3 is 24.4 Å². The van der Waals surface area contributed by atoms with Gasteiger partial charge in [0.15, 0.2) is 6.10 Å². The van der Waals surface area contributed by atoms with Crippen LogP contribution in [0.5, 0.6) is 0 Å². The molecule has 1 N–H and O–H groups in total. The highest BCUT2D eigenvalue weighted by molar-refractivity contribution is 5.92. The Morgan fingerprint density at radius 1 is 1.09 bits per heavy atom. The third-order valence-electron chi connectivity index (χ3n) is 7.45. The maximum Gasteiger partial charge on any atom is 0.410 e. The van der Waals surface area contributed by atoms with E-state index in [1.807, 2.05) is 6.20 Å². The average Bonchev–Trinajstić information content (AvgIpc) is 3.24. The Hall–Kier alpha value is -2.90. The fourth-order valence-corrected chi connectivity index (χ4v) is 5.09. The highest BCUT2D eigenvalue weighted by Gasteiger charge is 2.36. The monoisotopic (exact) mass is 447 g/mol. The number of amides is 1. The van der Waals surface area contributed by atoms with Crippen LogP contribution >= 0.6 is 0 Å². The lowest BCUT2D eigenvalue weighted by Crippen LogP contribution is -2.51. The predicted molar refractivity (Wildman–Crippen MR) is 125 cm³/mol. The molecule has 1 aromatic carbocycles. The number of piperazine rings is 1. The number of benzene rings is 1. The van der Waals surface area contributed by atoms with Gasteiger partial charge in [0.05, 0.1) is 24.5 Å². The fraction of sp³-hybridized carbons (Fsp3) is 0.462. The number of hydrogen-bond acceptors (Lipinski definition) is 6. The first-order valence-electron chi connectivity index (χ1n) is 11.9. The van der Waals surface area contributed by atoms with Gasteiger partial charge in [0.1, 0.15) is 0 Å². The van der Waals surface area contributed by atoms with Crippen LogP contribution in [0.25, 0.3) is 11.6 Å². The second-order valence-corrected chi connectivity index (χ2v) is 9.52. The Kier molecular flexibility index (Phi) is 5.11. The molecule has 4 aliphatic rings. The average molecular weight is 448 g/mol. The first-order valence-corrected chi connectivity index (χ1v) is 11.9. The number of allylic oxidation sites excluding steroid dienone is 1. The molecule has 0 atom stereocenters. The number of aliphatic hydroxyl groups is 1. The van der Waals surface area contributed by atoms with E-state index in [1.165, 1.54) is 22.4 Å². The Balaban J connectivity index is 1.15. The van der Waals surface area contributed by atoms with Gasteiger partial charge in [-0.2, -0.15) is 0 Å². The molecule has 33 heavy (non-hydrogen) atoms. The van der Waals surface area contributed by atoms with Crippen molar-refractivity contribution in [3.8, 4) is 0 Å². The predicted octanol–water partition coefficient (Wildman–Crippen LogP) is 3.21. The lowest BCUT2D eigenvalue weighted by Gasteiger charge is -2.37. The van der Waals surface area contributed by atoms with Crippen LogP contribution in [0.2, 0.25) is 0 Å². The minimum Gasteiger partial charge on any atom is -0.441 e. The van der Waals surface area contributed by atoms with Crippen molar-refractivity contribution in [1.82, 2.24) is 9.88 Å². The third kappa shape index (κ3) is 3.79. The highest BCUT2D eigenvalue weighted by atomic mass is 16.6. The number of nitrogens with zero attached hydrogens (tertiary/aromatic N) is 3. The second-order valence-electron chi connectivity index (χ2n) is 9.52. The summed E-state index contributed by atoms with van der Waals surface area (Å²) in [5.74, 6) is 0. The maximum absolute atomic E-state index is 12.3. The molecule has 2 saturated heterocycles. The summed E-state index contributed by atoms with van der Waals surface area (Å²) in [7, 11) is 0. The molecular formula is C26H29N3O4. The van der Waals surface area contributed by atoms with Crippen molar-refractivity contribution < 1.29 is 19.4 Å². The Morgan fingerprint density at radius 3 is 2.48 bits per heavy atom. The van der Waals surface area contributed by atoms with Crippen molar-refractivity contribution in [3.63, 3.8) is 0 Å². The van der Waals surface area contributed by atoms with Crippen molar-refractivity contribution >= 4 is 23.4 Å². The minimum absolute atomic E-state index is 0.0896. The van der Waals surface area contributed by atoms with E-state index in [1.54, 1.807) is 4.90 Å². The van der Waals surface area contributed by atoms with Crippen molar-refractivity contribution in [2.24, 2.45) is 0 Å². The van der Waals surface area contributed by atoms with Crippen molar-refractivity contribution in [2.45, 2.75) is 37.4 Å². The van der Waals surface area contributed by atoms with Gasteiger partial charge in [-0.15, -0.1) is 0 Å². The Bertz CT molecular complexity index is 1080. The quantitative estimate of drug-likeness (QED) is 0.776. The molecular weight excluding hydrogens is 418 g/mol. The van der Waals surface area contributed by atoms with Crippen LogP contribution in [0.3, 0.4) is 0 Å². The first kappa shape index (κ1) is 20.7. The van der Waals surface area contributed by atoms with Crippen LogP contribution in [0.4, 0.5) is 10.5 Å². The molecule has 1 saturated carbocycles. The Morgan fingerprint density at radius 2 is 1.85 bits per heavy atom. The van der Waals surface area contributed by atoms with E-state index < -0.39 is 5.60 Å². The molecule has 0 spiro atoms. The van der Waals surface area contributed by atoms with Gasteiger partial charge in [0, 0.05) is 50.0 Å². The van der Waals surface area contributed by atoms with E-state index in [-0.39, 0.29) is 12.2 Å². The summed E-state index contributed by atoms with van der Waals surface area (Å²) >= 11 is 0. The van der Waals surface area contributed by atoms with Gasteiger partial charge in [0.25, 0.3) is 0 Å². The minimum atomic E-state index is -0.625. The van der Waals surface area contributed by atoms with Gasteiger partial charge in [-0.05, 0) is 48.1 Å². The number of ether oxygens (including phenoxy) is 2. The summed E-state index contributed by atoms with van der Waals surface area (Å²) in [6.45, 7) is 3.83. The molecule has 3 heterocycles. The van der Waals surface area contributed by atoms with E-state index in [2.05, 4.69) is 46.3 Å². The van der Waals surface area contributed by atoms with Crippen LogP contribution in [0.15, 0.2) is 36.5 Å². The molecule has 6 rings (SSSR count). The summed E-state index contributed by atoms with van der Waals surface area (Å²) in [6.07, 6.45) is 7.43. The molecule has 7 heteroatoms. The lowest BCUT2D eigenvalue weighted by atomic mass is 9.75. The third-order valence-corrected chi connectivity index (χ3v) is 7.45. The van der Waals surface area contributed by atoms with E-state index in [4.69, 9.17) is 9.47 Å². The molecule has 7 nitrogen and oxygen atoms in total. The molecule has 2 aliphatic carbocycles. The Labute approximate surface area is 193 Å². The molecule has 1 aromatic heterocycles. The van der Waals surface area contributed by atoms with E-state index in [0.29, 0.717) is 26.3 Å². The van der Waals surface area contributed by atoms with Crippen molar-refractivity contribution in [3.05, 3.63) is 58.9 Å². The normalized spacial score (nSPS) is 21.7. The summed E-state index contributed by atoms with van der Waals surface area (Å²) in [5, 5.41) is 10.6. The number of hydrogen-bond donors (Lipinski definition) is 1. The van der Waals surface area contributed by atoms with Gasteiger partial charge in [-0.3, -0.25) is 4.98 Å². The highest BCUT2D eigenvalue weighted by Crippen LogP contribution is 2.42. The standard InChI is InChI=1S/C26H29N3O4/c30-25(33-21-16-32-17-21)29-12-10-28(11-13-29)24-6-9-27-23-15-19(14-22(23)24)18-2-4-20(5-3-18)26(31)7-1-8-26/h2-6,9,14,21,31H,1,7-8,10-13,15-17H2. The van der Waals surface area contributed by atoms with Crippen LogP contribution in [0.1, 0.15) is 41.6 Å². The van der Waals surface area contributed by atoms with Crippen molar-refractivity contribution in [2.75, 3.05) is 44.3 Å². The maximum atomic E-state index is 12.3.